The minimum absolute atomic E-state index is 0.0949. The van der Waals surface area contributed by atoms with E-state index in [1.807, 2.05) is 0 Å². The van der Waals surface area contributed by atoms with Gasteiger partial charge >= 0.3 is 6.36 Å². The number of alkyl halides is 3. The number of pyridine rings is 1. The van der Waals surface area contributed by atoms with Crippen molar-refractivity contribution in [3.63, 3.8) is 0 Å². The van der Waals surface area contributed by atoms with Gasteiger partial charge in [0.15, 0.2) is 5.78 Å². The highest BCUT2D eigenvalue weighted by atomic mass is 19.4. The van der Waals surface area contributed by atoms with Crippen molar-refractivity contribution in [3.05, 3.63) is 82.0 Å². The molecule has 0 aliphatic rings. The van der Waals surface area contributed by atoms with Gasteiger partial charge in [-0.15, -0.1) is 13.2 Å². The maximum Gasteiger partial charge on any atom is 0.573 e. The third kappa shape index (κ3) is 4.16. The van der Waals surface area contributed by atoms with Crippen molar-refractivity contribution < 1.29 is 22.7 Å². The van der Waals surface area contributed by atoms with Crippen LogP contribution in [0.4, 0.5) is 13.2 Å². The summed E-state index contributed by atoms with van der Waals surface area (Å²) in [5.74, 6) is -0.553. The zero-order valence-electron chi connectivity index (χ0n) is 15.2. The molecule has 0 aliphatic carbocycles. The Bertz CT molecular complexity index is 1060. The Balaban J connectivity index is 1.88. The van der Waals surface area contributed by atoms with Gasteiger partial charge < -0.3 is 13.9 Å². The molecule has 0 unspecified atom stereocenters. The van der Waals surface area contributed by atoms with E-state index in [0.717, 1.165) is 5.69 Å². The summed E-state index contributed by atoms with van der Waals surface area (Å²) in [6.07, 6.45) is -3.21. The van der Waals surface area contributed by atoms with Crippen LogP contribution in [0.2, 0.25) is 0 Å². The van der Waals surface area contributed by atoms with Crippen molar-refractivity contribution in [2.24, 2.45) is 0 Å². The van der Waals surface area contributed by atoms with Gasteiger partial charge in [0.25, 0.3) is 5.56 Å². The second-order valence-corrected chi connectivity index (χ2v) is 6.25. The van der Waals surface area contributed by atoms with Crippen molar-refractivity contribution in [2.75, 3.05) is 0 Å². The van der Waals surface area contributed by atoms with Crippen LogP contribution < -0.4 is 10.3 Å². The Morgan fingerprint density at radius 2 is 1.75 bits per heavy atom. The molecule has 2 heterocycles. The molecule has 0 saturated heterocycles. The lowest BCUT2D eigenvalue weighted by molar-refractivity contribution is -0.274. The van der Waals surface area contributed by atoms with Gasteiger partial charge in [0.2, 0.25) is 0 Å². The van der Waals surface area contributed by atoms with Crippen molar-refractivity contribution in [1.82, 2.24) is 9.13 Å². The Hall–Kier alpha value is -3.29. The van der Waals surface area contributed by atoms with Crippen LogP contribution in [0.5, 0.6) is 5.75 Å². The number of Topliss-reactive ketones (excluding diaryl/α,β-unsaturated/α-hetero) is 1. The van der Waals surface area contributed by atoms with Crippen molar-refractivity contribution in [2.45, 2.75) is 26.8 Å². The number of hydrogen-bond donors (Lipinski definition) is 0. The van der Waals surface area contributed by atoms with E-state index >= 15 is 0 Å². The largest absolute Gasteiger partial charge is 0.573 e. The summed E-state index contributed by atoms with van der Waals surface area (Å²) in [5.41, 5.74) is 2.15. The first-order chi connectivity index (χ1) is 13.2. The van der Waals surface area contributed by atoms with Crippen LogP contribution in [0.25, 0.3) is 5.69 Å². The van der Waals surface area contributed by atoms with E-state index in [1.165, 1.54) is 34.9 Å². The predicted molar refractivity (Wildman–Crippen MR) is 97.0 cm³/mol. The first kappa shape index (κ1) is 19.5. The number of rotatable bonds is 5. The van der Waals surface area contributed by atoms with Gasteiger partial charge in [-0.2, -0.15) is 0 Å². The first-order valence-corrected chi connectivity index (χ1v) is 8.39. The molecule has 3 rings (SSSR count). The third-order valence-electron chi connectivity index (χ3n) is 4.27. The maximum absolute atomic E-state index is 12.7. The van der Waals surface area contributed by atoms with Crippen molar-refractivity contribution in [1.29, 1.82) is 0 Å². The van der Waals surface area contributed by atoms with Gasteiger partial charge in [0.05, 0.1) is 6.54 Å². The van der Waals surface area contributed by atoms with Gasteiger partial charge in [0.1, 0.15) is 5.75 Å². The number of benzene rings is 1. The minimum atomic E-state index is -4.75. The van der Waals surface area contributed by atoms with Crippen LogP contribution in [0.15, 0.2) is 59.5 Å². The van der Waals surface area contributed by atoms with Crippen LogP contribution >= 0.6 is 0 Å². The van der Waals surface area contributed by atoms with Gasteiger partial charge in [0, 0.05) is 34.9 Å². The molecule has 2 aromatic heterocycles. The molecule has 0 atom stereocenters. The normalized spacial score (nSPS) is 11.5. The zero-order chi connectivity index (χ0) is 20.5. The molecule has 5 nitrogen and oxygen atoms in total. The Labute approximate surface area is 158 Å². The van der Waals surface area contributed by atoms with Gasteiger partial charge in [-0.1, -0.05) is 6.07 Å². The minimum Gasteiger partial charge on any atom is -0.406 e. The van der Waals surface area contributed by atoms with Crippen molar-refractivity contribution in [3.8, 4) is 11.4 Å². The lowest BCUT2D eigenvalue weighted by atomic mass is 10.1. The van der Waals surface area contributed by atoms with E-state index < -0.39 is 6.36 Å². The van der Waals surface area contributed by atoms with Crippen LogP contribution in [0.3, 0.4) is 0 Å². The summed E-state index contributed by atoms with van der Waals surface area (Å²) in [7, 11) is 0. The van der Waals surface area contributed by atoms with Crippen LogP contribution in [0.1, 0.15) is 21.7 Å². The summed E-state index contributed by atoms with van der Waals surface area (Å²) in [6.45, 7) is 3.44. The Kier molecular flexibility index (Phi) is 5.13. The average molecular weight is 390 g/mol. The number of halogens is 3. The van der Waals surface area contributed by atoms with Gasteiger partial charge in [-0.25, -0.2) is 0 Å². The molecule has 0 bridgehead atoms. The Morgan fingerprint density at radius 3 is 2.36 bits per heavy atom. The summed E-state index contributed by atoms with van der Waals surface area (Å²) >= 11 is 0. The lowest BCUT2D eigenvalue weighted by Crippen LogP contribution is -2.22. The fraction of sp³-hybridized carbons (Fsp3) is 0.200. The topological polar surface area (TPSA) is 53.2 Å². The average Bonchev–Trinajstić information content (AvgIpc) is 2.91. The third-order valence-corrected chi connectivity index (χ3v) is 4.27. The molecule has 0 fully saturated rings. The second-order valence-electron chi connectivity index (χ2n) is 6.25. The van der Waals surface area contributed by atoms with Crippen LogP contribution in [-0.4, -0.2) is 21.3 Å². The molecule has 28 heavy (non-hydrogen) atoms. The van der Waals surface area contributed by atoms with E-state index in [9.17, 15) is 22.8 Å². The van der Waals surface area contributed by atoms with E-state index in [-0.39, 0.29) is 23.6 Å². The van der Waals surface area contributed by atoms with Gasteiger partial charge in [-0.05, 0) is 50.2 Å². The molecule has 0 amide bonds. The smallest absolute Gasteiger partial charge is 0.406 e. The standard InChI is InChI=1S/C20H17F3N2O3/c1-13-11-17(18(26)12-24-10-4-3-5-19(24)27)14(2)25(13)15-6-8-16(9-7-15)28-20(21,22)23/h3-11H,12H2,1-2H3. The Morgan fingerprint density at radius 1 is 1.07 bits per heavy atom. The molecule has 0 radical (unpaired) electrons. The summed E-state index contributed by atoms with van der Waals surface area (Å²) in [6, 6.07) is 11.7. The molecule has 0 aliphatic heterocycles. The molecular weight excluding hydrogens is 373 g/mol. The predicted octanol–water partition coefficient (Wildman–Crippen LogP) is 4.04. The highest BCUT2D eigenvalue weighted by Gasteiger charge is 2.31. The van der Waals surface area contributed by atoms with Crippen molar-refractivity contribution >= 4 is 5.78 Å². The highest BCUT2D eigenvalue weighted by Crippen LogP contribution is 2.26. The summed E-state index contributed by atoms with van der Waals surface area (Å²) in [4.78, 5) is 24.5. The molecule has 1 aromatic carbocycles. The SMILES string of the molecule is Cc1cc(C(=O)Cn2ccccc2=O)c(C)n1-c1ccc(OC(F)(F)F)cc1. The summed E-state index contributed by atoms with van der Waals surface area (Å²) < 4.78 is 43.9. The number of ether oxygens (including phenoxy) is 1. The molecular formula is C20H17F3N2O3. The monoisotopic (exact) mass is 390 g/mol. The number of ketones is 1. The molecule has 0 spiro atoms. The van der Waals surface area contributed by atoms with Crippen LogP contribution in [-0.2, 0) is 6.54 Å². The highest BCUT2D eigenvalue weighted by molar-refractivity contribution is 5.97. The second kappa shape index (κ2) is 7.38. The molecule has 3 aromatic rings. The number of aromatic nitrogens is 2. The molecule has 146 valence electrons. The lowest BCUT2D eigenvalue weighted by Gasteiger charge is -2.12. The number of carbonyl (C=O) groups is 1. The van der Waals surface area contributed by atoms with Gasteiger partial charge in [-0.3, -0.25) is 9.59 Å². The number of nitrogens with zero attached hydrogens (tertiary/aromatic N) is 2. The molecule has 0 N–H and O–H groups in total. The fourth-order valence-corrected chi connectivity index (χ4v) is 3.07. The van der Waals surface area contributed by atoms with E-state index in [2.05, 4.69) is 4.74 Å². The zero-order valence-corrected chi connectivity index (χ0v) is 15.2. The molecule has 8 heteroatoms. The number of hydrogen-bond acceptors (Lipinski definition) is 3. The summed E-state index contributed by atoms with van der Waals surface area (Å²) in [5, 5.41) is 0. The number of carbonyl (C=O) groups excluding carboxylic acids is 1. The fourth-order valence-electron chi connectivity index (χ4n) is 3.07. The van der Waals surface area contributed by atoms with E-state index in [4.69, 9.17) is 0 Å². The van der Waals surface area contributed by atoms with Crippen LogP contribution in [0, 0.1) is 13.8 Å². The maximum atomic E-state index is 12.7. The van der Waals surface area contributed by atoms with E-state index in [0.29, 0.717) is 16.9 Å². The molecule has 0 saturated carbocycles. The first-order valence-electron chi connectivity index (χ1n) is 8.39. The number of aryl methyl sites for hydroxylation is 1. The quantitative estimate of drug-likeness (QED) is 0.618. The van der Waals surface area contributed by atoms with E-state index in [1.54, 1.807) is 42.8 Å².